The van der Waals surface area contributed by atoms with Gasteiger partial charge in [-0.3, -0.25) is 0 Å². The van der Waals surface area contributed by atoms with Gasteiger partial charge in [0.1, 0.15) is 0 Å². The third-order valence-corrected chi connectivity index (χ3v) is 27.6. The van der Waals surface area contributed by atoms with Crippen LogP contribution in [0.2, 0.25) is 0 Å². The molecule has 478 valence electrons. The molecule has 100 heavy (non-hydrogen) atoms. The second kappa shape index (κ2) is 21.1. The summed E-state index contributed by atoms with van der Waals surface area (Å²) in [7, 11) is 0. The first-order chi connectivity index (χ1) is 49.5. The van der Waals surface area contributed by atoms with Crippen LogP contribution in [0.15, 0.2) is 279 Å². The van der Waals surface area contributed by atoms with Gasteiger partial charge < -0.3 is 4.57 Å². The molecule has 14 aromatic carbocycles. The van der Waals surface area contributed by atoms with E-state index in [0.717, 1.165) is 53.8 Å². The Morgan fingerprint density at radius 2 is 0.610 bits per heavy atom. The summed E-state index contributed by atoms with van der Waals surface area (Å²) in [5.74, 6) is 6.96. The predicted octanol–water partition coefficient (Wildman–Crippen LogP) is 25.8. The fraction of sp³-hybridized carbons (Fsp3) is 0.212. The molecule has 2 spiro atoms. The van der Waals surface area contributed by atoms with Gasteiger partial charge in [-0.2, -0.15) is 0 Å². The van der Waals surface area contributed by atoms with Gasteiger partial charge in [-0.25, -0.2) is 0 Å². The molecule has 0 radical (unpaired) electrons. The molecule has 8 bridgehead atoms. The molecular formula is C99H77N. The van der Waals surface area contributed by atoms with Gasteiger partial charge in [-0.05, 0) is 298 Å². The summed E-state index contributed by atoms with van der Waals surface area (Å²) in [5, 5.41) is 13.2. The third-order valence-electron chi connectivity index (χ3n) is 27.6. The van der Waals surface area contributed by atoms with E-state index in [1.165, 1.54) is 213 Å². The largest absolute Gasteiger partial charge is 0.309 e. The van der Waals surface area contributed by atoms with Crippen molar-refractivity contribution in [2.45, 2.75) is 81.5 Å². The van der Waals surface area contributed by atoms with Crippen LogP contribution in [0.4, 0.5) is 0 Å². The van der Waals surface area contributed by atoms with Crippen LogP contribution in [-0.2, 0) is 17.3 Å². The minimum atomic E-state index is 0.188. The van der Waals surface area contributed by atoms with Gasteiger partial charge in [-0.15, -0.1) is 0 Å². The first-order valence-electron chi connectivity index (χ1n) is 37.8. The van der Waals surface area contributed by atoms with Gasteiger partial charge in [0.05, 0.1) is 11.0 Å². The van der Waals surface area contributed by atoms with Crippen molar-refractivity contribution in [1.29, 1.82) is 0 Å². The Bertz CT molecular complexity index is 5840. The van der Waals surface area contributed by atoms with Crippen molar-refractivity contribution < 1.29 is 0 Å². The van der Waals surface area contributed by atoms with E-state index in [1.807, 2.05) is 0 Å². The first kappa shape index (κ1) is 56.5. The van der Waals surface area contributed by atoms with Gasteiger partial charge in [0.15, 0.2) is 0 Å². The second-order valence-corrected chi connectivity index (χ2v) is 32.0. The molecule has 11 aliphatic carbocycles. The predicted molar refractivity (Wildman–Crippen MR) is 418 cm³/mol. The lowest BCUT2D eigenvalue weighted by molar-refractivity contribution is -0.0399. The summed E-state index contributed by atoms with van der Waals surface area (Å²) in [6, 6.07) is 105. The molecule has 0 aliphatic heterocycles. The molecule has 26 rings (SSSR count). The van der Waals surface area contributed by atoms with Crippen LogP contribution in [0, 0.1) is 47.3 Å². The number of fused-ring (bicyclic) bond motifs is 14. The summed E-state index contributed by atoms with van der Waals surface area (Å²) in [5.41, 5.74) is 30.1. The summed E-state index contributed by atoms with van der Waals surface area (Å²) >= 11 is 0. The van der Waals surface area contributed by atoms with Crippen molar-refractivity contribution in [3.63, 3.8) is 0 Å². The molecular weight excluding hydrogens is 1200 g/mol. The van der Waals surface area contributed by atoms with Gasteiger partial charge in [0.25, 0.3) is 0 Å². The SMILES string of the molecule is C1=Cc2cccc(-c3c4ccccc4c(-c4ccc5c(c4)-c4ccccc4C54C5CC6CC(C5)CC4C6)c4ccccc34)c2C1.c1cc(-c2c3ccccc3c(-c3ccc4c(c3)-c3ccccc3C43C4CC5CC(C4)CC3C5)c3ccccc23)cc(-n2c3ccccc3c3ccccc32)c1. The first-order valence-corrected chi connectivity index (χ1v) is 37.8. The number of nitrogens with zero attached hydrogens (tertiary/aromatic N) is 1. The van der Waals surface area contributed by atoms with Crippen LogP contribution in [0.5, 0.6) is 0 Å². The minimum absolute atomic E-state index is 0.188. The quantitative estimate of drug-likeness (QED) is 0.151. The lowest BCUT2D eigenvalue weighted by Crippen LogP contribution is -2.55. The topological polar surface area (TPSA) is 4.93 Å². The van der Waals surface area contributed by atoms with Crippen LogP contribution in [-0.4, -0.2) is 4.57 Å². The highest BCUT2D eigenvalue weighted by molar-refractivity contribution is 6.23. The lowest BCUT2D eigenvalue weighted by atomic mass is 9.43. The normalized spacial score (nSPS) is 24.8. The maximum Gasteiger partial charge on any atom is 0.0541 e. The number of hydrogen-bond acceptors (Lipinski definition) is 0. The molecule has 8 saturated carbocycles. The number of rotatable bonds is 5. The summed E-state index contributed by atoms with van der Waals surface area (Å²) in [6.45, 7) is 0. The molecule has 0 unspecified atom stereocenters. The molecule has 1 aromatic heterocycles. The summed E-state index contributed by atoms with van der Waals surface area (Å²) in [4.78, 5) is 0. The number of hydrogen-bond donors (Lipinski definition) is 0. The van der Waals surface area contributed by atoms with Crippen molar-refractivity contribution in [2.24, 2.45) is 47.3 Å². The Morgan fingerprint density at radius 3 is 1.05 bits per heavy atom. The van der Waals surface area contributed by atoms with Crippen LogP contribution in [0.3, 0.4) is 0 Å². The van der Waals surface area contributed by atoms with E-state index in [9.17, 15) is 0 Å². The van der Waals surface area contributed by atoms with E-state index in [4.69, 9.17) is 0 Å². The van der Waals surface area contributed by atoms with E-state index in [-0.39, 0.29) is 10.8 Å². The fourth-order valence-corrected chi connectivity index (χ4v) is 24.6. The van der Waals surface area contributed by atoms with E-state index >= 15 is 0 Å². The Morgan fingerprint density at radius 1 is 0.260 bits per heavy atom. The Kier molecular flexibility index (Phi) is 11.9. The lowest BCUT2D eigenvalue weighted by Gasteiger charge is -2.61. The van der Waals surface area contributed by atoms with Crippen LogP contribution in [0.25, 0.3) is 143 Å². The van der Waals surface area contributed by atoms with Gasteiger partial charge >= 0.3 is 0 Å². The Hall–Kier alpha value is -10.3. The molecule has 1 heterocycles. The second-order valence-electron chi connectivity index (χ2n) is 32.0. The summed E-state index contributed by atoms with van der Waals surface area (Å²) < 4.78 is 2.44. The van der Waals surface area contributed by atoms with Gasteiger partial charge in [-0.1, -0.05) is 249 Å². The molecule has 1 nitrogen and oxygen atoms in total. The van der Waals surface area contributed by atoms with Gasteiger partial charge in [0, 0.05) is 27.3 Å². The molecule has 0 N–H and O–H groups in total. The Balaban J connectivity index is 0.000000127. The van der Waals surface area contributed by atoms with E-state index < -0.39 is 0 Å². The van der Waals surface area contributed by atoms with Crippen molar-refractivity contribution in [3.05, 3.63) is 312 Å². The Labute approximate surface area is 585 Å². The maximum absolute atomic E-state index is 2.59. The van der Waals surface area contributed by atoms with Crippen molar-refractivity contribution >= 4 is 71.0 Å². The van der Waals surface area contributed by atoms with E-state index in [1.54, 1.807) is 22.3 Å². The van der Waals surface area contributed by atoms with Crippen LogP contribution < -0.4 is 0 Å². The van der Waals surface area contributed by atoms with E-state index in [0.29, 0.717) is 0 Å². The average molecular weight is 1280 g/mol. The fourth-order valence-electron chi connectivity index (χ4n) is 24.6. The monoisotopic (exact) mass is 1280 g/mol. The third kappa shape index (κ3) is 7.63. The van der Waals surface area contributed by atoms with E-state index in [2.05, 4.69) is 290 Å². The number of aromatic nitrogens is 1. The van der Waals surface area contributed by atoms with Crippen LogP contribution >= 0.6 is 0 Å². The molecule has 8 fully saturated rings. The molecule has 1 heteroatoms. The zero-order valence-electron chi connectivity index (χ0n) is 56.5. The zero-order valence-corrected chi connectivity index (χ0v) is 56.5. The number of para-hydroxylation sites is 2. The minimum Gasteiger partial charge on any atom is -0.309 e. The van der Waals surface area contributed by atoms with Crippen LogP contribution in [0.1, 0.15) is 97.6 Å². The number of allylic oxidation sites excluding steroid dienone is 1. The molecule has 11 aliphatic rings. The summed E-state index contributed by atoms with van der Waals surface area (Å²) in [6.07, 6.45) is 20.0. The average Bonchev–Trinajstić information content (AvgIpc) is 1.48. The molecule has 0 saturated heterocycles. The van der Waals surface area contributed by atoms with Crippen molar-refractivity contribution in [3.8, 4) is 72.4 Å². The zero-order chi connectivity index (χ0) is 65.1. The van der Waals surface area contributed by atoms with Crippen molar-refractivity contribution in [1.82, 2.24) is 4.57 Å². The standard InChI is InChI=1S/C54H41N.C45H36/c1-3-19-45-43(17-1)52(35-12-11-13-39(31-35)55-50-22-9-6-15-41(50)42-16-7-10-23-51(42)55)44-18-2-4-20-46(44)53(45)36-24-25-49-47(32-36)40-14-5-8-21-48(40)54(49)37-27-33-26-34(29-37)30-38(54)28-33;1-3-14-38-36(12-1)43(37-13-2-4-15-39(37)44(38)35-17-8-10-29-9-7-16-33(29)35)30-19-20-42-40(26-30)34-11-5-6-18-41(34)45(42)31-22-27-21-28(24-31)25-32(45)23-27/h1-25,31-34,37-38H,26-30H2;1-15,17-20,26-28,31-32H,16,21-25H2. The highest BCUT2D eigenvalue weighted by Gasteiger charge is 2.63. The van der Waals surface area contributed by atoms with Gasteiger partial charge in [0.2, 0.25) is 0 Å². The van der Waals surface area contributed by atoms with Crippen molar-refractivity contribution in [2.75, 3.05) is 0 Å². The number of benzene rings is 14. The highest BCUT2D eigenvalue weighted by Crippen LogP contribution is 2.72. The maximum atomic E-state index is 2.59. The molecule has 15 aromatic rings. The smallest absolute Gasteiger partial charge is 0.0541 e. The highest BCUT2D eigenvalue weighted by atomic mass is 15.0. The molecule has 0 atom stereocenters. The molecule has 0 amide bonds.